The first-order chi connectivity index (χ1) is 11.6. The van der Waals surface area contributed by atoms with E-state index < -0.39 is 0 Å². The number of aromatic nitrogens is 2. The van der Waals surface area contributed by atoms with Crippen LogP contribution < -0.4 is 15.1 Å². The Balaban J connectivity index is 1.59. The second-order valence-electron chi connectivity index (χ2n) is 6.43. The lowest BCUT2D eigenvalue weighted by molar-refractivity contribution is -0.139. The van der Waals surface area contributed by atoms with Gasteiger partial charge in [0.25, 0.3) is 0 Å². The van der Waals surface area contributed by atoms with Crippen molar-refractivity contribution in [3.05, 3.63) is 12.3 Å². The molecule has 1 aromatic rings. The molecular formula is C16H26N6O2. The molecule has 1 amide bonds. The minimum Gasteiger partial charge on any atom is -0.375 e. The zero-order valence-corrected chi connectivity index (χ0v) is 14.6. The summed E-state index contributed by atoms with van der Waals surface area (Å²) in [5.74, 6) is 1.75. The van der Waals surface area contributed by atoms with Crippen molar-refractivity contribution in [2.75, 3.05) is 63.2 Å². The van der Waals surface area contributed by atoms with Gasteiger partial charge >= 0.3 is 0 Å². The van der Waals surface area contributed by atoms with E-state index >= 15 is 0 Å². The Morgan fingerprint density at radius 3 is 2.75 bits per heavy atom. The molecule has 2 aliphatic rings. The Morgan fingerprint density at radius 1 is 1.33 bits per heavy atom. The third-order valence-corrected chi connectivity index (χ3v) is 4.53. The summed E-state index contributed by atoms with van der Waals surface area (Å²) >= 11 is 0. The van der Waals surface area contributed by atoms with Crippen molar-refractivity contribution in [2.45, 2.75) is 19.1 Å². The molecule has 0 radical (unpaired) electrons. The average molecular weight is 334 g/mol. The first kappa shape index (κ1) is 16.9. The highest BCUT2D eigenvalue weighted by atomic mass is 16.5. The minimum atomic E-state index is -0.232. The van der Waals surface area contributed by atoms with Crippen LogP contribution in [0.1, 0.15) is 6.92 Å². The Bertz CT molecular complexity index is 573. The van der Waals surface area contributed by atoms with Crippen LogP contribution in [0, 0.1) is 0 Å². The molecule has 3 heterocycles. The Kier molecular flexibility index (Phi) is 5.15. The number of carbonyl (C=O) groups excluding carboxylic acids is 1. The van der Waals surface area contributed by atoms with Crippen molar-refractivity contribution in [3.63, 3.8) is 0 Å². The second kappa shape index (κ2) is 7.31. The Labute approximate surface area is 142 Å². The third kappa shape index (κ3) is 3.59. The van der Waals surface area contributed by atoms with Crippen molar-refractivity contribution in [1.82, 2.24) is 20.2 Å². The molecule has 0 unspecified atom stereocenters. The fraction of sp³-hybridized carbons (Fsp3) is 0.688. The number of nitrogens with one attached hydrogen (secondary N) is 1. The molecule has 2 atom stereocenters. The molecule has 3 rings (SSSR count). The van der Waals surface area contributed by atoms with Gasteiger partial charge in [-0.05, 0) is 13.0 Å². The maximum absolute atomic E-state index is 12.7. The number of ether oxygens (including phenoxy) is 1. The van der Waals surface area contributed by atoms with Crippen molar-refractivity contribution in [2.24, 2.45) is 0 Å². The smallest absolute Gasteiger partial charge is 0.242 e. The summed E-state index contributed by atoms with van der Waals surface area (Å²) in [6.45, 7) is 6.30. The topological polar surface area (TPSA) is 73.8 Å². The fourth-order valence-electron chi connectivity index (χ4n) is 3.09. The van der Waals surface area contributed by atoms with Gasteiger partial charge in [-0.3, -0.25) is 4.79 Å². The minimum absolute atomic E-state index is 0.0752. The van der Waals surface area contributed by atoms with Crippen LogP contribution in [-0.2, 0) is 9.53 Å². The van der Waals surface area contributed by atoms with E-state index in [1.807, 2.05) is 36.9 Å². The van der Waals surface area contributed by atoms with Gasteiger partial charge in [0.1, 0.15) is 11.9 Å². The van der Waals surface area contributed by atoms with Crippen LogP contribution in [0.5, 0.6) is 0 Å². The summed E-state index contributed by atoms with van der Waals surface area (Å²) in [6.07, 6.45) is 1.70. The summed E-state index contributed by atoms with van der Waals surface area (Å²) < 4.78 is 5.59. The van der Waals surface area contributed by atoms with Crippen LogP contribution in [0.25, 0.3) is 0 Å². The molecule has 0 aromatic carbocycles. The summed E-state index contributed by atoms with van der Waals surface area (Å²) in [6, 6.07) is 1.69. The molecule has 1 N–H and O–H groups in total. The molecule has 1 aromatic heterocycles. The fourth-order valence-corrected chi connectivity index (χ4v) is 3.09. The molecule has 0 saturated carbocycles. The average Bonchev–Trinajstić information content (AvgIpc) is 2.62. The lowest BCUT2D eigenvalue weighted by Crippen LogP contribution is -2.59. The number of morpholine rings is 1. The lowest BCUT2D eigenvalue weighted by Gasteiger charge is -2.39. The highest BCUT2D eigenvalue weighted by molar-refractivity contribution is 5.83. The van der Waals surface area contributed by atoms with Gasteiger partial charge in [-0.15, -0.1) is 0 Å². The predicted molar refractivity (Wildman–Crippen MR) is 92.4 cm³/mol. The molecule has 24 heavy (non-hydrogen) atoms. The van der Waals surface area contributed by atoms with Gasteiger partial charge in [-0.1, -0.05) is 0 Å². The molecule has 0 bridgehead atoms. The molecule has 2 saturated heterocycles. The number of carbonyl (C=O) groups is 1. The van der Waals surface area contributed by atoms with E-state index in [0.29, 0.717) is 25.6 Å². The van der Waals surface area contributed by atoms with Gasteiger partial charge in [0, 0.05) is 53.0 Å². The van der Waals surface area contributed by atoms with Crippen LogP contribution in [0.2, 0.25) is 0 Å². The Morgan fingerprint density at radius 2 is 2.08 bits per heavy atom. The molecule has 0 aliphatic carbocycles. The van der Waals surface area contributed by atoms with E-state index in [1.54, 1.807) is 6.20 Å². The van der Waals surface area contributed by atoms with Crippen molar-refractivity contribution in [3.8, 4) is 0 Å². The zero-order chi connectivity index (χ0) is 17.1. The maximum Gasteiger partial charge on any atom is 0.242 e. The van der Waals surface area contributed by atoms with Crippen molar-refractivity contribution in [1.29, 1.82) is 0 Å². The molecule has 2 aliphatic heterocycles. The number of piperazine rings is 1. The van der Waals surface area contributed by atoms with Crippen molar-refractivity contribution < 1.29 is 9.53 Å². The van der Waals surface area contributed by atoms with Crippen LogP contribution in [0.4, 0.5) is 11.8 Å². The van der Waals surface area contributed by atoms with E-state index in [1.165, 1.54) is 0 Å². The second-order valence-corrected chi connectivity index (χ2v) is 6.43. The summed E-state index contributed by atoms with van der Waals surface area (Å²) in [5, 5.41) is 3.27. The first-order valence-electron chi connectivity index (χ1n) is 8.45. The molecule has 8 nitrogen and oxygen atoms in total. The van der Waals surface area contributed by atoms with Crippen LogP contribution in [-0.4, -0.2) is 86.3 Å². The van der Waals surface area contributed by atoms with Gasteiger partial charge in [0.05, 0.1) is 12.7 Å². The molecule has 132 valence electrons. The Hall–Kier alpha value is -1.93. The van der Waals surface area contributed by atoms with Gasteiger partial charge in [-0.25, -0.2) is 4.98 Å². The molecule has 0 spiro atoms. The number of rotatable bonds is 3. The standard InChI is InChI=1S/C16H26N6O2/c1-12-14(17-6-11-24-12)15(23)22-9-7-21(8-10-22)13-4-5-18-16(19-13)20(2)3/h4-5,12,14,17H,6-11H2,1-3H3/t12-,14+/m1/s1. The van der Waals surface area contributed by atoms with Crippen LogP contribution in [0.15, 0.2) is 12.3 Å². The molecule has 8 heteroatoms. The van der Waals surface area contributed by atoms with Gasteiger partial charge in [0.2, 0.25) is 11.9 Å². The number of anilines is 2. The van der Waals surface area contributed by atoms with E-state index in [-0.39, 0.29) is 18.1 Å². The normalized spacial score (nSPS) is 24.8. The van der Waals surface area contributed by atoms with E-state index in [0.717, 1.165) is 25.5 Å². The summed E-state index contributed by atoms with van der Waals surface area (Å²) in [7, 11) is 3.85. The number of hydrogen-bond donors (Lipinski definition) is 1. The summed E-state index contributed by atoms with van der Waals surface area (Å²) in [5.41, 5.74) is 0. The van der Waals surface area contributed by atoms with Gasteiger partial charge in [0.15, 0.2) is 0 Å². The predicted octanol–water partition coefficient (Wildman–Crippen LogP) is -0.432. The van der Waals surface area contributed by atoms with E-state index in [9.17, 15) is 4.79 Å². The van der Waals surface area contributed by atoms with Gasteiger partial charge < -0.3 is 24.8 Å². The highest BCUT2D eigenvalue weighted by Crippen LogP contribution is 2.17. The third-order valence-electron chi connectivity index (χ3n) is 4.53. The van der Waals surface area contributed by atoms with E-state index in [4.69, 9.17) is 4.74 Å². The van der Waals surface area contributed by atoms with Crippen LogP contribution >= 0.6 is 0 Å². The first-order valence-corrected chi connectivity index (χ1v) is 8.45. The number of hydrogen-bond acceptors (Lipinski definition) is 7. The lowest BCUT2D eigenvalue weighted by atomic mass is 10.1. The number of amides is 1. The zero-order valence-electron chi connectivity index (χ0n) is 14.6. The SMILES string of the molecule is C[C@H]1OCCN[C@@H]1C(=O)N1CCN(c2ccnc(N(C)C)n2)CC1. The highest BCUT2D eigenvalue weighted by Gasteiger charge is 2.33. The summed E-state index contributed by atoms with van der Waals surface area (Å²) in [4.78, 5) is 27.5. The molecule has 2 fully saturated rings. The van der Waals surface area contributed by atoms with Gasteiger partial charge in [-0.2, -0.15) is 4.98 Å². The quantitative estimate of drug-likeness (QED) is 0.804. The molecular weight excluding hydrogens is 308 g/mol. The van der Waals surface area contributed by atoms with Crippen LogP contribution in [0.3, 0.4) is 0 Å². The van der Waals surface area contributed by atoms with Crippen molar-refractivity contribution >= 4 is 17.7 Å². The largest absolute Gasteiger partial charge is 0.375 e. The van der Waals surface area contributed by atoms with E-state index in [2.05, 4.69) is 20.2 Å². The monoisotopic (exact) mass is 334 g/mol. The maximum atomic E-state index is 12.7. The number of nitrogens with zero attached hydrogens (tertiary/aromatic N) is 5.